The van der Waals surface area contributed by atoms with E-state index in [2.05, 4.69) is 18.6 Å². The maximum atomic E-state index is 11.6. The molecule has 1 N–H and O–H groups in total. The molecule has 0 bridgehead atoms. The molecule has 0 amide bonds. The van der Waals surface area contributed by atoms with E-state index in [4.69, 9.17) is 0 Å². The fourth-order valence-corrected chi connectivity index (χ4v) is 4.19. The van der Waals surface area contributed by atoms with Crippen LogP contribution in [-0.2, 0) is 10.0 Å². The maximum absolute atomic E-state index is 11.6. The van der Waals surface area contributed by atoms with Crippen molar-refractivity contribution in [2.45, 2.75) is 45.9 Å². The van der Waals surface area contributed by atoms with E-state index in [1.54, 1.807) is 11.8 Å². The molecule has 15 heavy (non-hydrogen) atoms. The number of sulfonamides is 1. The number of nitrogens with one attached hydrogen (secondary N) is 1. The highest BCUT2D eigenvalue weighted by atomic mass is 32.2. The van der Waals surface area contributed by atoms with Crippen LogP contribution in [0.5, 0.6) is 0 Å². The first kappa shape index (κ1) is 15.3. The summed E-state index contributed by atoms with van der Waals surface area (Å²) in [7, 11) is -3.10. The van der Waals surface area contributed by atoms with Crippen molar-refractivity contribution in [2.75, 3.05) is 11.5 Å². The summed E-state index contributed by atoms with van der Waals surface area (Å²) >= 11 is 1.72. The first-order valence-electron chi connectivity index (χ1n) is 5.34. The Bertz CT molecular complexity index is 261. The zero-order valence-corrected chi connectivity index (χ0v) is 11.9. The Kier molecular flexibility index (Phi) is 6.88. The van der Waals surface area contributed by atoms with Crippen LogP contribution in [0.25, 0.3) is 0 Å². The van der Waals surface area contributed by atoms with E-state index in [-0.39, 0.29) is 17.0 Å². The van der Waals surface area contributed by atoms with E-state index < -0.39 is 10.0 Å². The number of hydrogen-bond donors (Lipinski definition) is 1. The Morgan fingerprint density at radius 1 is 1.13 bits per heavy atom. The summed E-state index contributed by atoms with van der Waals surface area (Å²) in [4.78, 5) is 0. The minimum atomic E-state index is -3.10. The predicted octanol–water partition coefficient (Wildman–Crippen LogP) is 2.09. The first-order chi connectivity index (χ1) is 6.73. The SMILES string of the molecule is CC(C)CSC(C)CS(=O)(=O)NC(C)C. The minimum Gasteiger partial charge on any atom is -0.213 e. The normalized spacial score (nSPS) is 14.9. The molecule has 1 unspecified atom stereocenters. The fraction of sp³-hybridized carbons (Fsp3) is 1.00. The Morgan fingerprint density at radius 2 is 1.67 bits per heavy atom. The van der Waals surface area contributed by atoms with Gasteiger partial charge in [-0.25, -0.2) is 13.1 Å². The molecule has 0 aliphatic rings. The van der Waals surface area contributed by atoms with Crippen molar-refractivity contribution in [3.8, 4) is 0 Å². The van der Waals surface area contributed by atoms with Crippen LogP contribution in [0.15, 0.2) is 0 Å². The molecule has 92 valence electrons. The summed E-state index contributed by atoms with van der Waals surface area (Å²) in [5, 5.41) is 0.156. The van der Waals surface area contributed by atoms with Crippen molar-refractivity contribution in [1.29, 1.82) is 0 Å². The summed E-state index contributed by atoms with van der Waals surface area (Å²) in [5.74, 6) is 1.83. The van der Waals surface area contributed by atoms with Crippen molar-refractivity contribution in [1.82, 2.24) is 4.72 Å². The highest BCUT2D eigenvalue weighted by Crippen LogP contribution is 2.15. The van der Waals surface area contributed by atoms with Crippen molar-refractivity contribution < 1.29 is 8.42 Å². The highest BCUT2D eigenvalue weighted by Gasteiger charge is 2.16. The average Bonchev–Trinajstić information content (AvgIpc) is 1.96. The van der Waals surface area contributed by atoms with Crippen LogP contribution >= 0.6 is 11.8 Å². The Morgan fingerprint density at radius 3 is 2.07 bits per heavy atom. The molecular weight excluding hydrogens is 230 g/mol. The fourth-order valence-electron chi connectivity index (χ4n) is 1.12. The summed E-state index contributed by atoms with van der Waals surface area (Å²) in [5.41, 5.74) is 0. The lowest BCUT2D eigenvalue weighted by atomic mass is 10.3. The lowest BCUT2D eigenvalue weighted by Gasteiger charge is -2.15. The van der Waals surface area contributed by atoms with Gasteiger partial charge in [-0.1, -0.05) is 20.8 Å². The van der Waals surface area contributed by atoms with Crippen LogP contribution in [0.1, 0.15) is 34.6 Å². The average molecular weight is 253 g/mol. The lowest BCUT2D eigenvalue weighted by Crippen LogP contribution is -2.35. The van der Waals surface area contributed by atoms with Gasteiger partial charge in [-0.3, -0.25) is 0 Å². The molecule has 0 saturated heterocycles. The quantitative estimate of drug-likeness (QED) is 0.756. The molecule has 0 aliphatic heterocycles. The van der Waals surface area contributed by atoms with Gasteiger partial charge in [-0.2, -0.15) is 11.8 Å². The van der Waals surface area contributed by atoms with Gasteiger partial charge in [-0.15, -0.1) is 0 Å². The van der Waals surface area contributed by atoms with E-state index in [1.807, 2.05) is 20.8 Å². The van der Waals surface area contributed by atoms with E-state index in [9.17, 15) is 8.42 Å². The molecule has 0 rings (SSSR count). The Hall–Kier alpha value is 0.260. The second-order valence-electron chi connectivity index (χ2n) is 4.59. The van der Waals surface area contributed by atoms with E-state index in [0.29, 0.717) is 5.92 Å². The van der Waals surface area contributed by atoms with Gasteiger partial charge in [0.25, 0.3) is 0 Å². The van der Waals surface area contributed by atoms with E-state index in [1.165, 1.54) is 0 Å². The number of rotatable bonds is 7. The van der Waals surface area contributed by atoms with Gasteiger partial charge >= 0.3 is 0 Å². The van der Waals surface area contributed by atoms with Gasteiger partial charge in [0.2, 0.25) is 10.0 Å². The highest BCUT2D eigenvalue weighted by molar-refractivity contribution is 8.01. The third kappa shape index (κ3) is 9.20. The molecular formula is C10H23NO2S2. The van der Waals surface area contributed by atoms with Crippen LogP contribution < -0.4 is 4.72 Å². The second kappa shape index (κ2) is 6.76. The van der Waals surface area contributed by atoms with E-state index >= 15 is 0 Å². The zero-order chi connectivity index (χ0) is 12.1. The van der Waals surface area contributed by atoms with Gasteiger partial charge in [0.05, 0.1) is 5.75 Å². The lowest BCUT2D eigenvalue weighted by molar-refractivity contribution is 0.569. The van der Waals surface area contributed by atoms with E-state index in [0.717, 1.165) is 5.75 Å². The summed E-state index contributed by atoms with van der Waals surface area (Å²) in [6.07, 6.45) is 0. The molecule has 1 atom stereocenters. The zero-order valence-electron chi connectivity index (χ0n) is 10.3. The van der Waals surface area contributed by atoms with Gasteiger partial charge in [0.15, 0.2) is 0 Å². The van der Waals surface area contributed by atoms with Crippen LogP contribution in [-0.4, -0.2) is 31.2 Å². The summed E-state index contributed by atoms with van der Waals surface area (Å²) in [6, 6.07) is -0.0164. The molecule has 0 heterocycles. The maximum Gasteiger partial charge on any atom is 0.212 e. The monoisotopic (exact) mass is 253 g/mol. The third-order valence-electron chi connectivity index (χ3n) is 1.58. The van der Waals surface area contributed by atoms with Gasteiger partial charge in [-0.05, 0) is 25.5 Å². The molecule has 0 saturated carbocycles. The van der Waals surface area contributed by atoms with Crippen molar-refractivity contribution in [3.63, 3.8) is 0 Å². The number of hydrogen-bond acceptors (Lipinski definition) is 3. The van der Waals surface area contributed by atoms with Gasteiger partial charge in [0, 0.05) is 11.3 Å². The predicted molar refractivity (Wildman–Crippen MR) is 68.8 cm³/mol. The number of thioether (sulfide) groups is 1. The standard InChI is InChI=1S/C10H23NO2S2/c1-8(2)6-14-10(5)7-15(12,13)11-9(3)4/h8-11H,6-7H2,1-5H3. The largest absolute Gasteiger partial charge is 0.213 e. The van der Waals surface area contributed by atoms with Gasteiger partial charge in [0.1, 0.15) is 0 Å². The van der Waals surface area contributed by atoms with Crippen molar-refractivity contribution in [3.05, 3.63) is 0 Å². The topological polar surface area (TPSA) is 46.2 Å². The van der Waals surface area contributed by atoms with Crippen molar-refractivity contribution >= 4 is 21.8 Å². The summed E-state index contributed by atoms with van der Waals surface area (Å²) < 4.78 is 25.7. The molecule has 0 aromatic rings. The van der Waals surface area contributed by atoms with Crippen LogP contribution in [0, 0.1) is 5.92 Å². The molecule has 0 spiro atoms. The Balaban J connectivity index is 3.99. The van der Waals surface area contributed by atoms with Crippen LogP contribution in [0.3, 0.4) is 0 Å². The molecule has 0 aromatic heterocycles. The van der Waals surface area contributed by atoms with Crippen LogP contribution in [0.4, 0.5) is 0 Å². The van der Waals surface area contributed by atoms with Crippen molar-refractivity contribution in [2.24, 2.45) is 5.92 Å². The van der Waals surface area contributed by atoms with Gasteiger partial charge < -0.3 is 0 Å². The first-order valence-corrected chi connectivity index (χ1v) is 8.04. The molecule has 0 fully saturated rings. The van der Waals surface area contributed by atoms with Crippen LogP contribution in [0.2, 0.25) is 0 Å². The third-order valence-corrected chi connectivity index (χ3v) is 5.16. The molecule has 5 heteroatoms. The smallest absolute Gasteiger partial charge is 0.212 e. The molecule has 3 nitrogen and oxygen atoms in total. The molecule has 0 radical (unpaired) electrons. The minimum absolute atomic E-state index is 0.0164. The molecule has 0 aliphatic carbocycles. The second-order valence-corrected chi connectivity index (χ2v) is 7.86. The summed E-state index contributed by atoms with van der Waals surface area (Å²) in [6.45, 7) is 9.92. The molecule has 0 aromatic carbocycles. The Labute approximate surface area is 98.5 Å².